The molecule has 120 valence electrons. The average Bonchev–Trinajstić information content (AvgIpc) is 3.05. The molecule has 2 aromatic rings. The van der Waals surface area contributed by atoms with E-state index in [9.17, 15) is 9.90 Å². The van der Waals surface area contributed by atoms with Crippen molar-refractivity contribution in [2.24, 2.45) is 5.92 Å². The van der Waals surface area contributed by atoms with Crippen molar-refractivity contribution in [3.8, 4) is 5.75 Å². The third-order valence-electron chi connectivity index (χ3n) is 4.40. The molecular formula is C19H21NO3. The summed E-state index contributed by atoms with van der Waals surface area (Å²) in [6.45, 7) is 3.11. The van der Waals surface area contributed by atoms with Crippen molar-refractivity contribution >= 4 is 6.09 Å². The van der Waals surface area contributed by atoms with Crippen LogP contribution in [0.25, 0.3) is 0 Å². The number of benzene rings is 2. The SMILES string of the molecule is Cc1ccccc1OC(c1ccccc1)C1CCN(C(=O)O)C1. The minimum atomic E-state index is -0.852. The number of ether oxygens (including phenoxy) is 1. The average molecular weight is 311 g/mol. The summed E-state index contributed by atoms with van der Waals surface area (Å²) in [5.74, 6) is 1.02. The van der Waals surface area contributed by atoms with Crippen LogP contribution < -0.4 is 4.74 Å². The van der Waals surface area contributed by atoms with Crippen molar-refractivity contribution in [2.45, 2.75) is 19.4 Å². The predicted molar refractivity (Wildman–Crippen MR) is 88.7 cm³/mol. The van der Waals surface area contributed by atoms with Crippen molar-refractivity contribution in [2.75, 3.05) is 13.1 Å². The van der Waals surface area contributed by atoms with Crippen molar-refractivity contribution < 1.29 is 14.6 Å². The van der Waals surface area contributed by atoms with Gasteiger partial charge in [-0.05, 0) is 30.5 Å². The molecule has 0 radical (unpaired) electrons. The topological polar surface area (TPSA) is 49.8 Å². The minimum Gasteiger partial charge on any atom is -0.485 e. The third-order valence-corrected chi connectivity index (χ3v) is 4.40. The Balaban J connectivity index is 1.86. The molecule has 0 saturated carbocycles. The van der Waals surface area contributed by atoms with Gasteiger partial charge in [-0.3, -0.25) is 0 Å². The number of carboxylic acid groups (broad SMARTS) is 1. The van der Waals surface area contributed by atoms with Gasteiger partial charge in [0, 0.05) is 19.0 Å². The van der Waals surface area contributed by atoms with Gasteiger partial charge in [0.05, 0.1) is 0 Å². The maximum absolute atomic E-state index is 11.2. The number of hydrogen-bond donors (Lipinski definition) is 1. The van der Waals surface area contributed by atoms with Gasteiger partial charge in [-0.15, -0.1) is 0 Å². The lowest BCUT2D eigenvalue weighted by Gasteiger charge is -2.26. The molecule has 0 aromatic heterocycles. The quantitative estimate of drug-likeness (QED) is 0.924. The molecule has 1 aliphatic heterocycles. The Bertz CT molecular complexity index is 671. The Morgan fingerprint density at radius 3 is 2.52 bits per heavy atom. The monoisotopic (exact) mass is 311 g/mol. The molecule has 0 bridgehead atoms. The highest BCUT2D eigenvalue weighted by atomic mass is 16.5. The first-order valence-corrected chi connectivity index (χ1v) is 7.90. The van der Waals surface area contributed by atoms with E-state index in [1.807, 2.05) is 61.5 Å². The van der Waals surface area contributed by atoms with Gasteiger partial charge in [0.1, 0.15) is 11.9 Å². The second-order valence-corrected chi connectivity index (χ2v) is 5.99. The molecule has 4 heteroatoms. The first-order chi connectivity index (χ1) is 11.1. The van der Waals surface area contributed by atoms with E-state index in [1.165, 1.54) is 4.90 Å². The molecule has 2 aromatic carbocycles. The van der Waals surface area contributed by atoms with Crippen molar-refractivity contribution in [3.63, 3.8) is 0 Å². The zero-order chi connectivity index (χ0) is 16.2. The summed E-state index contributed by atoms with van der Waals surface area (Å²) in [5, 5.41) is 9.20. The molecule has 2 unspecified atom stereocenters. The van der Waals surface area contributed by atoms with Gasteiger partial charge < -0.3 is 14.7 Å². The highest BCUT2D eigenvalue weighted by molar-refractivity contribution is 5.65. The second kappa shape index (κ2) is 6.73. The van der Waals surface area contributed by atoms with E-state index >= 15 is 0 Å². The lowest BCUT2D eigenvalue weighted by atomic mass is 9.94. The zero-order valence-corrected chi connectivity index (χ0v) is 13.2. The van der Waals surface area contributed by atoms with E-state index in [-0.39, 0.29) is 12.0 Å². The lowest BCUT2D eigenvalue weighted by Crippen LogP contribution is -2.28. The molecule has 4 nitrogen and oxygen atoms in total. The molecule has 3 rings (SSSR count). The van der Waals surface area contributed by atoms with E-state index in [0.717, 1.165) is 23.3 Å². The van der Waals surface area contributed by atoms with Crippen LogP contribution in [0.4, 0.5) is 4.79 Å². The molecule has 23 heavy (non-hydrogen) atoms. The Hall–Kier alpha value is -2.49. The maximum atomic E-state index is 11.2. The van der Waals surface area contributed by atoms with Crippen molar-refractivity contribution in [1.29, 1.82) is 0 Å². The summed E-state index contributed by atoms with van der Waals surface area (Å²) in [6, 6.07) is 18.0. The van der Waals surface area contributed by atoms with Gasteiger partial charge in [0.15, 0.2) is 0 Å². The van der Waals surface area contributed by atoms with Gasteiger partial charge in [0.2, 0.25) is 0 Å². The summed E-state index contributed by atoms with van der Waals surface area (Å²) in [5.41, 5.74) is 2.18. The van der Waals surface area contributed by atoms with Gasteiger partial charge in [-0.1, -0.05) is 48.5 Å². The standard InChI is InChI=1S/C19H21NO3/c1-14-7-5-6-10-17(14)23-18(15-8-3-2-4-9-15)16-11-12-20(13-16)19(21)22/h2-10,16,18H,11-13H2,1H3,(H,21,22). The molecule has 0 aliphatic carbocycles. The van der Waals surface area contributed by atoms with Crippen LogP contribution in [0.2, 0.25) is 0 Å². The first kappa shape index (κ1) is 15.4. The number of nitrogens with zero attached hydrogens (tertiary/aromatic N) is 1. The van der Waals surface area contributed by atoms with Crippen LogP contribution in [0.1, 0.15) is 23.7 Å². The second-order valence-electron chi connectivity index (χ2n) is 5.99. The van der Waals surface area contributed by atoms with Gasteiger partial charge in [-0.25, -0.2) is 4.79 Å². The molecule has 2 atom stereocenters. The van der Waals surface area contributed by atoms with Crippen LogP contribution in [0.3, 0.4) is 0 Å². The first-order valence-electron chi connectivity index (χ1n) is 7.90. The molecule has 1 saturated heterocycles. The fourth-order valence-electron chi connectivity index (χ4n) is 3.11. The van der Waals surface area contributed by atoms with E-state index in [2.05, 4.69) is 0 Å². The van der Waals surface area contributed by atoms with Crippen LogP contribution in [0.15, 0.2) is 54.6 Å². The lowest BCUT2D eigenvalue weighted by molar-refractivity contribution is 0.126. The summed E-state index contributed by atoms with van der Waals surface area (Å²) in [6.07, 6.45) is -0.172. The van der Waals surface area contributed by atoms with Crippen LogP contribution in [0.5, 0.6) is 5.75 Å². The maximum Gasteiger partial charge on any atom is 0.407 e. The Morgan fingerprint density at radius 2 is 1.87 bits per heavy atom. The number of likely N-dealkylation sites (tertiary alicyclic amines) is 1. The largest absolute Gasteiger partial charge is 0.485 e. The number of carbonyl (C=O) groups is 1. The van der Waals surface area contributed by atoms with E-state index in [1.54, 1.807) is 0 Å². The predicted octanol–water partition coefficient (Wildman–Crippen LogP) is 4.12. The molecule has 1 amide bonds. The van der Waals surface area contributed by atoms with E-state index in [0.29, 0.717) is 13.1 Å². The van der Waals surface area contributed by atoms with Crippen LogP contribution in [-0.2, 0) is 0 Å². The minimum absolute atomic E-state index is 0.137. The number of rotatable bonds is 4. The van der Waals surface area contributed by atoms with Crippen LogP contribution >= 0.6 is 0 Å². The van der Waals surface area contributed by atoms with Gasteiger partial charge >= 0.3 is 6.09 Å². The number of amides is 1. The van der Waals surface area contributed by atoms with E-state index < -0.39 is 6.09 Å². The van der Waals surface area contributed by atoms with Gasteiger partial charge in [-0.2, -0.15) is 0 Å². The molecule has 1 heterocycles. The highest BCUT2D eigenvalue weighted by Crippen LogP contribution is 2.35. The fourth-order valence-corrected chi connectivity index (χ4v) is 3.11. The summed E-state index contributed by atoms with van der Waals surface area (Å²) in [7, 11) is 0. The van der Waals surface area contributed by atoms with Crippen LogP contribution in [-0.4, -0.2) is 29.2 Å². The van der Waals surface area contributed by atoms with Crippen LogP contribution in [0, 0.1) is 12.8 Å². The normalized spacial score (nSPS) is 18.7. The molecule has 0 spiro atoms. The van der Waals surface area contributed by atoms with E-state index in [4.69, 9.17) is 4.74 Å². The smallest absolute Gasteiger partial charge is 0.407 e. The number of aryl methyl sites for hydroxylation is 1. The highest BCUT2D eigenvalue weighted by Gasteiger charge is 2.34. The fraction of sp³-hybridized carbons (Fsp3) is 0.316. The molecule has 1 fully saturated rings. The summed E-state index contributed by atoms with van der Waals surface area (Å²) < 4.78 is 6.32. The van der Waals surface area contributed by atoms with Crippen molar-refractivity contribution in [1.82, 2.24) is 4.90 Å². The Morgan fingerprint density at radius 1 is 1.17 bits per heavy atom. The zero-order valence-electron chi connectivity index (χ0n) is 13.2. The molecule has 1 aliphatic rings. The van der Waals surface area contributed by atoms with Gasteiger partial charge in [0.25, 0.3) is 0 Å². The molecule has 1 N–H and O–H groups in total. The Kier molecular flexibility index (Phi) is 4.51. The summed E-state index contributed by atoms with van der Waals surface area (Å²) >= 11 is 0. The molecular weight excluding hydrogens is 290 g/mol. The Labute approximate surface area is 136 Å². The third kappa shape index (κ3) is 3.47. The number of para-hydroxylation sites is 1. The number of hydrogen-bond acceptors (Lipinski definition) is 2. The van der Waals surface area contributed by atoms with Crippen molar-refractivity contribution in [3.05, 3.63) is 65.7 Å². The summed E-state index contributed by atoms with van der Waals surface area (Å²) in [4.78, 5) is 12.7.